The molecule has 0 aromatic heterocycles. The summed E-state index contributed by atoms with van der Waals surface area (Å²) < 4.78 is 0.553. The Hall–Kier alpha value is -0.870. The van der Waals surface area contributed by atoms with E-state index in [-0.39, 0.29) is 11.5 Å². The van der Waals surface area contributed by atoms with Gasteiger partial charge in [-0.25, -0.2) is 0 Å². The van der Waals surface area contributed by atoms with Crippen LogP contribution < -0.4 is 5.73 Å². The number of nitrogens with two attached hydrogens (primary N) is 1. The highest BCUT2D eigenvalue weighted by molar-refractivity contribution is 9.10. The van der Waals surface area contributed by atoms with Crippen molar-refractivity contribution in [2.75, 3.05) is 0 Å². The quantitative estimate of drug-likeness (QED) is 0.812. The van der Waals surface area contributed by atoms with Gasteiger partial charge in [0.2, 0.25) is 0 Å². The van der Waals surface area contributed by atoms with E-state index in [1.165, 1.54) is 0 Å². The van der Waals surface area contributed by atoms with Gasteiger partial charge < -0.3 is 10.8 Å². The molecule has 0 saturated heterocycles. The first-order valence-corrected chi connectivity index (χ1v) is 5.44. The van der Waals surface area contributed by atoms with Gasteiger partial charge in [-0.15, -0.1) is 0 Å². The predicted octanol–water partition coefficient (Wildman–Crippen LogP) is 2.30. The number of carbonyl (C=O) groups excluding carboxylic acids is 1. The molecule has 1 aromatic rings. The summed E-state index contributed by atoms with van der Waals surface area (Å²) in [5, 5.41) is 9.54. The molecule has 0 aliphatic heterocycles. The number of benzene rings is 1. The molecular weight excluding hydrogens is 258 g/mol. The van der Waals surface area contributed by atoms with Crippen molar-refractivity contribution in [1.82, 2.24) is 0 Å². The minimum absolute atomic E-state index is 0.106. The van der Waals surface area contributed by atoms with Gasteiger partial charge in [0, 0.05) is 5.56 Å². The number of phenolic OH excluding ortho intramolecular Hbond substituents is 1. The van der Waals surface area contributed by atoms with E-state index in [0.29, 0.717) is 10.0 Å². The van der Waals surface area contributed by atoms with Gasteiger partial charge in [-0.2, -0.15) is 0 Å². The topological polar surface area (TPSA) is 63.3 Å². The molecule has 0 spiro atoms. The largest absolute Gasteiger partial charge is 0.507 e. The molecule has 1 atom stereocenters. The Bertz CT molecular complexity index is 414. The van der Waals surface area contributed by atoms with E-state index in [2.05, 4.69) is 15.9 Å². The number of carbonyl (C=O) groups is 1. The van der Waals surface area contributed by atoms with E-state index in [4.69, 9.17) is 5.73 Å². The van der Waals surface area contributed by atoms with Crippen LogP contribution in [0.4, 0.5) is 0 Å². The minimum Gasteiger partial charge on any atom is -0.507 e. The second-order valence-electron chi connectivity index (χ2n) is 3.68. The third-order valence-corrected chi connectivity index (χ3v) is 3.34. The molecule has 0 radical (unpaired) electrons. The fraction of sp³-hybridized carbons (Fsp3) is 0.364. The Labute approximate surface area is 97.4 Å². The summed E-state index contributed by atoms with van der Waals surface area (Å²) in [6.07, 6.45) is 0. The lowest BCUT2D eigenvalue weighted by molar-refractivity contribution is 0.0966. The summed E-state index contributed by atoms with van der Waals surface area (Å²) >= 11 is 3.24. The van der Waals surface area contributed by atoms with Gasteiger partial charge in [0.15, 0.2) is 5.78 Å². The number of Topliss-reactive ketones (excluding diaryl/α,β-unsaturated/α-hetero) is 1. The van der Waals surface area contributed by atoms with Gasteiger partial charge in [-0.1, -0.05) is 0 Å². The zero-order valence-electron chi connectivity index (χ0n) is 8.97. The SMILES string of the molecule is Cc1cc(O)c(Br)c(C)c1C(=O)C(C)N. The molecule has 1 unspecified atom stereocenters. The molecule has 4 heteroatoms. The van der Waals surface area contributed by atoms with Crippen LogP contribution in [0.5, 0.6) is 5.75 Å². The van der Waals surface area contributed by atoms with Gasteiger partial charge in [0.05, 0.1) is 10.5 Å². The summed E-state index contributed by atoms with van der Waals surface area (Å²) in [7, 11) is 0. The summed E-state index contributed by atoms with van der Waals surface area (Å²) in [6, 6.07) is 1.03. The number of rotatable bonds is 2. The van der Waals surface area contributed by atoms with Crippen LogP contribution in [0, 0.1) is 13.8 Å². The summed E-state index contributed by atoms with van der Waals surface area (Å²) in [6.45, 7) is 5.23. The molecule has 1 rings (SSSR count). The van der Waals surface area contributed by atoms with Crippen molar-refractivity contribution in [3.63, 3.8) is 0 Å². The Kier molecular flexibility index (Phi) is 3.52. The number of phenols is 1. The number of hydrogen-bond donors (Lipinski definition) is 2. The van der Waals surface area contributed by atoms with Crippen LogP contribution >= 0.6 is 15.9 Å². The third-order valence-electron chi connectivity index (χ3n) is 2.34. The number of ketones is 1. The molecule has 3 N–H and O–H groups in total. The summed E-state index contributed by atoms with van der Waals surface area (Å²) in [5.74, 6) is 0.0388. The Morgan fingerprint density at radius 1 is 1.53 bits per heavy atom. The van der Waals surface area contributed by atoms with E-state index in [1.54, 1.807) is 26.8 Å². The molecule has 0 aliphatic rings. The van der Waals surface area contributed by atoms with Crippen LogP contribution in [0.25, 0.3) is 0 Å². The molecule has 3 nitrogen and oxygen atoms in total. The van der Waals surface area contributed by atoms with Crippen LogP contribution in [-0.4, -0.2) is 16.9 Å². The highest BCUT2D eigenvalue weighted by Crippen LogP contribution is 2.32. The molecule has 0 heterocycles. The average molecular weight is 272 g/mol. The standard InChI is InChI=1S/C11H14BrNO2/c1-5-4-8(14)10(12)6(2)9(5)11(15)7(3)13/h4,7,14H,13H2,1-3H3. The van der Waals surface area contributed by atoms with Crippen molar-refractivity contribution in [1.29, 1.82) is 0 Å². The molecule has 1 aromatic carbocycles. The van der Waals surface area contributed by atoms with E-state index >= 15 is 0 Å². The number of aryl methyl sites for hydroxylation is 1. The molecule has 15 heavy (non-hydrogen) atoms. The maximum atomic E-state index is 11.8. The van der Waals surface area contributed by atoms with Crippen LogP contribution in [0.15, 0.2) is 10.5 Å². The van der Waals surface area contributed by atoms with Crippen molar-refractivity contribution >= 4 is 21.7 Å². The van der Waals surface area contributed by atoms with E-state index < -0.39 is 6.04 Å². The van der Waals surface area contributed by atoms with Crippen molar-refractivity contribution in [2.45, 2.75) is 26.8 Å². The molecule has 0 saturated carbocycles. The van der Waals surface area contributed by atoms with Gasteiger partial charge >= 0.3 is 0 Å². The second-order valence-corrected chi connectivity index (χ2v) is 4.47. The van der Waals surface area contributed by atoms with E-state index in [1.807, 2.05) is 0 Å². The second kappa shape index (κ2) is 4.33. The van der Waals surface area contributed by atoms with E-state index in [0.717, 1.165) is 11.1 Å². The average Bonchev–Trinajstić information content (AvgIpc) is 2.14. The minimum atomic E-state index is -0.529. The van der Waals surface area contributed by atoms with E-state index in [9.17, 15) is 9.90 Å². The first-order valence-electron chi connectivity index (χ1n) is 4.64. The highest BCUT2D eigenvalue weighted by Gasteiger charge is 2.19. The predicted molar refractivity (Wildman–Crippen MR) is 63.3 cm³/mol. The fourth-order valence-electron chi connectivity index (χ4n) is 1.55. The van der Waals surface area contributed by atoms with Crippen LogP contribution in [0.1, 0.15) is 28.4 Å². The Balaban J connectivity index is 3.43. The van der Waals surface area contributed by atoms with Crippen LogP contribution in [-0.2, 0) is 0 Å². The zero-order chi connectivity index (χ0) is 11.7. The van der Waals surface area contributed by atoms with Crippen LogP contribution in [0.2, 0.25) is 0 Å². The number of hydrogen-bond acceptors (Lipinski definition) is 3. The smallest absolute Gasteiger partial charge is 0.179 e. The van der Waals surface area contributed by atoms with Crippen molar-refractivity contribution < 1.29 is 9.90 Å². The molecule has 82 valence electrons. The van der Waals surface area contributed by atoms with Crippen LogP contribution in [0.3, 0.4) is 0 Å². The van der Waals surface area contributed by atoms with Gasteiger partial charge in [-0.3, -0.25) is 4.79 Å². The fourth-order valence-corrected chi connectivity index (χ4v) is 1.86. The molecular formula is C11H14BrNO2. The first-order chi connectivity index (χ1) is 6.86. The molecule has 0 fully saturated rings. The highest BCUT2D eigenvalue weighted by atomic mass is 79.9. The van der Waals surface area contributed by atoms with Gasteiger partial charge in [0.1, 0.15) is 5.75 Å². The Morgan fingerprint density at radius 2 is 2.07 bits per heavy atom. The summed E-state index contributed by atoms with van der Waals surface area (Å²) in [4.78, 5) is 11.8. The first kappa shape index (κ1) is 12.2. The number of aromatic hydroxyl groups is 1. The molecule has 0 bridgehead atoms. The lowest BCUT2D eigenvalue weighted by Crippen LogP contribution is -2.28. The van der Waals surface area contributed by atoms with Crippen molar-refractivity contribution in [2.24, 2.45) is 5.73 Å². The maximum absolute atomic E-state index is 11.8. The van der Waals surface area contributed by atoms with Gasteiger partial charge in [-0.05, 0) is 53.9 Å². The zero-order valence-corrected chi connectivity index (χ0v) is 10.6. The third kappa shape index (κ3) is 2.21. The molecule has 0 aliphatic carbocycles. The number of halogens is 1. The normalized spacial score (nSPS) is 12.6. The lowest BCUT2D eigenvalue weighted by Gasteiger charge is -2.13. The summed E-state index contributed by atoms with van der Waals surface area (Å²) in [5.41, 5.74) is 7.64. The van der Waals surface area contributed by atoms with Gasteiger partial charge in [0.25, 0.3) is 0 Å². The van der Waals surface area contributed by atoms with Crippen molar-refractivity contribution in [3.8, 4) is 5.75 Å². The monoisotopic (exact) mass is 271 g/mol. The van der Waals surface area contributed by atoms with Crippen molar-refractivity contribution in [3.05, 3.63) is 27.2 Å². The lowest BCUT2D eigenvalue weighted by atomic mass is 9.95. The maximum Gasteiger partial charge on any atom is 0.179 e. The molecule has 0 amide bonds. The Morgan fingerprint density at radius 3 is 2.53 bits per heavy atom.